The predicted octanol–water partition coefficient (Wildman–Crippen LogP) is 10.4. The number of ether oxygens (including phenoxy) is 2. The molecule has 0 aromatic heterocycles. The third-order valence-electron chi connectivity index (χ3n) is 6.90. The van der Waals surface area contributed by atoms with Crippen LogP contribution in [0, 0.1) is 0 Å². The van der Waals surface area contributed by atoms with Crippen LogP contribution in [0.3, 0.4) is 0 Å². The lowest BCUT2D eigenvalue weighted by atomic mass is 10.0. The molecule has 194 valence electrons. The molecule has 0 aromatic rings. The molecule has 0 radical (unpaired) electrons. The fourth-order valence-corrected chi connectivity index (χ4v) is 4.68. The Bertz CT molecular complexity index is 318. The summed E-state index contributed by atoms with van der Waals surface area (Å²) in [6, 6.07) is 0. The maximum absolute atomic E-state index is 6.14. The van der Waals surface area contributed by atoms with E-state index in [4.69, 9.17) is 9.47 Å². The maximum atomic E-state index is 6.14. The zero-order chi connectivity index (χ0) is 23.4. The molecule has 0 bridgehead atoms. The minimum Gasteiger partial charge on any atom is -0.382 e. The standard InChI is InChI=1S/C30H62O2/c1-4-6-8-10-12-14-15-16-17-19-21-23-25-27-30(32-29-28-31-3)26-24-22-20-18-13-11-9-7-5-2/h30H,4-29H2,1-3H3. The summed E-state index contributed by atoms with van der Waals surface area (Å²) in [7, 11) is 1.77. The predicted molar refractivity (Wildman–Crippen MR) is 144 cm³/mol. The lowest BCUT2D eigenvalue weighted by Gasteiger charge is -2.18. The van der Waals surface area contributed by atoms with Gasteiger partial charge < -0.3 is 9.47 Å². The monoisotopic (exact) mass is 454 g/mol. The molecule has 0 saturated carbocycles. The summed E-state index contributed by atoms with van der Waals surface area (Å²) in [4.78, 5) is 0. The van der Waals surface area contributed by atoms with Gasteiger partial charge in [-0.05, 0) is 12.8 Å². The SMILES string of the molecule is CCCCCCCCCCCCCCCC(CCCCCCCCCCC)OCCOC. The molecule has 0 aliphatic carbocycles. The molecule has 0 rings (SSSR count). The van der Waals surface area contributed by atoms with Gasteiger partial charge in [0.15, 0.2) is 0 Å². The molecular weight excluding hydrogens is 392 g/mol. The van der Waals surface area contributed by atoms with Crippen LogP contribution >= 0.6 is 0 Å². The second-order valence-corrected chi connectivity index (χ2v) is 10.1. The average molecular weight is 455 g/mol. The molecule has 0 saturated heterocycles. The van der Waals surface area contributed by atoms with Crippen LogP contribution in [0.4, 0.5) is 0 Å². The lowest BCUT2D eigenvalue weighted by Crippen LogP contribution is -2.16. The van der Waals surface area contributed by atoms with Crippen molar-refractivity contribution in [1.29, 1.82) is 0 Å². The first kappa shape index (κ1) is 31.9. The first-order valence-electron chi connectivity index (χ1n) is 15.0. The minimum absolute atomic E-state index is 0.461. The molecular formula is C30H62O2. The summed E-state index contributed by atoms with van der Waals surface area (Å²) in [5.74, 6) is 0. The van der Waals surface area contributed by atoms with Crippen LogP contribution in [0.25, 0.3) is 0 Å². The molecule has 0 N–H and O–H groups in total. The van der Waals surface area contributed by atoms with E-state index in [0.29, 0.717) is 6.10 Å². The van der Waals surface area contributed by atoms with Gasteiger partial charge in [-0.25, -0.2) is 0 Å². The topological polar surface area (TPSA) is 18.5 Å². The van der Waals surface area contributed by atoms with Gasteiger partial charge in [0.05, 0.1) is 19.3 Å². The second kappa shape index (κ2) is 29.0. The largest absolute Gasteiger partial charge is 0.382 e. The van der Waals surface area contributed by atoms with Crippen LogP contribution in [0.1, 0.15) is 168 Å². The van der Waals surface area contributed by atoms with Crippen LogP contribution in [-0.2, 0) is 9.47 Å². The molecule has 0 amide bonds. The normalized spacial score (nSPS) is 12.5. The fraction of sp³-hybridized carbons (Fsp3) is 1.00. The Balaban J connectivity index is 3.57. The summed E-state index contributed by atoms with van der Waals surface area (Å²) >= 11 is 0. The lowest BCUT2D eigenvalue weighted by molar-refractivity contribution is 0.00681. The summed E-state index contributed by atoms with van der Waals surface area (Å²) in [6.07, 6.45) is 34.2. The van der Waals surface area contributed by atoms with Gasteiger partial charge in [-0.3, -0.25) is 0 Å². The summed E-state index contributed by atoms with van der Waals surface area (Å²) in [5, 5.41) is 0. The summed E-state index contributed by atoms with van der Waals surface area (Å²) in [5.41, 5.74) is 0. The van der Waals surface area contributed by atoms with E-state index in [1.807, 2.05) is 0 Å². The third kappa shape index (κ3) is 26.2. The number of hydrogen-bond donors (Lipinski definition) is 0. The van der Waals surface area contributed by atoms with E-state index in [1.54, 1.807) is 7.11 Å². The first-order valence-corrected chi connectivity index (χ1v) is 15.0. The number of rotatable bonds is 28. The minimum atomic E-state index is 0.461. The van der Waals surface area contributed by atoms with E-state index in [2.05, 4.69) is 13.8 Å². The Labute approximate surface area is 204 Å². The Morgan fingerprint density at radius 3 is 1.03 bits per heavy atom. The van der Waals surface area contributed by atoms with Gasteiger partial charge in [-0.2, -0.15) is 0 Å². The van der Waals surface area contributed by atoms with Gasteiger partial charge in [-0.15, -0.1) is 0 Å². The van der Waals surface area contributed by atoms with Gasteiger partial charge in [0.25, 0.3) is 0 Å². The van der Waals surface area contributed by atoms with Crippen LogP contribution < -0.4 is 0 Å². The van der Waals surface area contributed by atoms with Crippen molar-refractivity contribution in [2.75, 3.05) is 20.3 Å². The molecule has 2 nitrogen and oxygen atoms in total. The van der Waals surface area contributed by atoms with E-state index >= 15 is 0 Å². The summed E-state index contributed by atoms with van der Waals surface area (Å²) in [6.45, 7) is 6.08. The Morgan fingerprint density at radius 2 is 0.719 bits per heavy atom. The first-order chi connectivity index (χ1) is 15.8. The van der Waals surface area contributed by atoms with Crippen LogP contribution in [0.5, 0.6) is 0 Å². The highest BCUT2D eigenvalue weighted by Gasteiger charge is 2.09. The third-order valence-corrected chi connectivity index (χ3v) is 6.90. The zero-order valence-corrected chi connectivity index (χ0v) is 22.8. The smallest absolute Gasteiger partial charge is 0.0704 e. The number of methoxy groups -OCH3 is 1. The van der Waals surface area contributed by atoms with Crippen LogP contribution in [-0.4, -0.2) is 26.4 Å². The van der Waals surface area contributed by atoms with Gasteiger partial charge in [0.1, 0.15) is 0 Å². The molecule has 0 spiro atoms. The molecule has 0 aliphatic rings. The van der Waals surface area contributed by atoms with Crippen molar-refractivity contribution in [3.63, 3.8) is 0 Å². The van der Waals surface area contributed by atoms with Crippen LogP contribution in [0.2, 0.25) is 0 Å². The van der Waals surface area contributed by atoms with Crippen molar-refractivity contribution < 1.29 is 9.47 Å². The Morgan fingerprint density at radius 1 is 0.406 bits per heavy atom. The quantitative estimate of drug-likeness (QED) is 0.109. The van der Waals surface area contributed by atoms with E-state index in [1.165, 1.54) is 154 Å². The average Bonchev–Trinajstić information content (AvgIpc) is 2.80. The van der Waals surface area contributed by atoms with Gasteiger partial charge in [0, 0.05) is 7.11 Å². The van der Waals surface area contributed by atoms with Gasteiger partial charge in [0.2, 0.25) is 0 Å². The molecule has 2 heteroatoms. The van der Waals surface area contributed by atoms with Crippen LogP contribution in [0.15, 0.2) is 0 Å². The van der Waals surface area contributed by atoms with E-state index in [-0.39, 0.29) is 0 Å². The highest BCUT2D eigenvalue weighted by atomic mass is 16.5. The molecule has 32 heavy (non-hydrogen) atoms. The van der Waals surface area contributed by atoms with Gasteiger partial charge >= 0.3 is 0 Å². The zero-order valence-electron chi connectivity index (χ0n) is 22.8. The van der Waals surface area contributed by atoms with E-state index < -0.39 is 0 Å². The number of unbranched alkanes of at least 4 members (excludes halogenated alkanes) is 20. The molecule has 0 heterocycles. The van der Waals surface area contributed by atoms with Crippen molar-refractivity contribution in [1.82, 2.24) is 0 Å². The van der Waals surface area contributed by atoms with Crippen molar-refractivity contribution >= 4 is 0 Å². The number of hydrogen-bond acceptors (Lipinski definition) is 2. The fourth-order valence-electron chi connectivity index (χ4n) is 4.68. The molecule has 0 fully saturated rings. The van der Waals surface area contributed by atoms with E-state index in [9.17, 15) is 0 Å². The highest BCUT2D eigenvalue weighted by molar-refractivity contribution is 4.61. The van der Waals surface area contributed by atoms with Crippen molar-refractivity contribution in [2.45, 2.75) is 174 Å². The van der Waals surface area contributed by atoms with E-state index in [0.717, 1.165) is 13.2 Å². The highest BCUT2D eigenvalue weighted by Crippen LogP contribution is 2.18. The van der Waals surface area contributed by atoms with Crippen molar-refractivity contribution in [3.05, 3.63) is 0 Å². The Hall–Kier alpha value is -0.0800. The molecule has 0 aliphatic heterocycles. The Kier molecular flexibility index (Phi) is 28.9. The second-order valence-electron chi connectivity index (χ2n) is 10.1. The van der Waals surface area contributed by atoms with Gasteiger partial charge in [-0.1, -0.05) is 155 Å². The van der Waals surface area contributed by atoms with Crippen molar-refractivity contribution in [2.24, 2.45) is 0 Å². The maximum Gasteiger partial charge on any atom is 0.0704 e. The molecule has 1 unspecified atom stereocenters. The molecule has 0 aromatic carbocycles. The van der Waals surface area contributed by atoms with Crippen molar-refractivity contribution in [3.8, 4) is 0 Å². The summed E-state index contributed by atoms with van der Waals surface area (Å²) < 4.78 is 11.3. The molecule has 1 atom stereocenters.